The van der Waals surface area contributed by atoms with Gasteiger partial charge in [0.05, 0.1) is 11.3 Å². The van der Waals surface area contributed by atoms with E-state index in [0.717, 1.165) is 0 Å². The Morgan fingerprint density at radius 1 is 1.39 bits per heavy atom. The molecule has 1 aromatic heterocycles. The lowest BCUT2D eigenvalue weighted by atomic mass is 10.2. The Bertz CT molecular complexity index is 605. The van der Waals surface area contributed by atoms with Gasteiger partial charge in [-0.25, -0.2) is 9.07 Å². The number of ether oxygens (including phenoxy) is 1. The van der Waals surface area contributed by atoms with Gasteiger partial charge >= 0.3 is 0 Å². The van der Waals surface area contributed by atoms with Crippen LogP contribution >= 0.6 is 0 Å². The van der Waals surface area contributed by atoms with Gasteiger partial charge in [-0.2, -0.15) is 5.10 Å². The molecule has 0 atom stereocenters. The van der Waals surface area contributed by atoms with E-state index in [2.05, 4.69) is 5.10 Å². The monoisotopic (exact) mass is 248 g/mol. The molecule has 0 unspecified atom stereocenters. The molecule has 0 saturated heterocycles. The standard InChI is InChI=1S/C13H13FN2O2/c1-8-5-4-6-11(12(8)14)18-13-10(7-17)9(2)15-16(13)3/h4-7H,1-3H3. The summed E-state index contributed by atoms with van der Waals surface area (Å²) in [5.74, 6) is -0.110. The van der Waals surface area contributed by atoms with Crippen LogP contribution in [0, 0.1) is 19.7 Å². The van der Waals surface area contributed by atoms with Gasteiger partial charge in [0, 0.05) is 7.05 Å². The van der Waals surface area contributed by atoms with Crippen LogP contribution in [0.15, 0.2) is 18.2 Å². The number of aldehydes is 1. The van der Waals surface area contributed by atoms with E-state index in [1.54, 1.807) is 33.0 Å². The Labute approximate surface area is 104 Å². The van der Waals surface area contributed by atoms with Crippen LogP contribution in [0.1, 0.15) is 21.6 Å². The molecule has 0 radical (unpaired) electrons. The van der Waals surface area contributed by atoms with Gasteiger partial charge in [0.25, 0.3) is 0 Å². The Balaban J connectivity index is 2.46. The zero-order chi connectivity index (χ0) is 13.3. The number of rotatable bonds is 3. The summed E-state index contributed by atoms with van der Waals surface area (Å²) < 4.78 is 20.7. The van der Waals surface area contributed by atoms with Crippen molar-refractivity contribution >= 4 is 6.29 Å². The molecule has 18 heavy (non-hydrogen) atoms. The molecule has 0 aliphatic heterocycles. The highest BCUT2D eigenvalue weighted by Crippen LogP contribution is 2.28. The van der Waals surface area contributed by atoms with E-state index in [0.29, 0.717) is 23.1 Å². The first-order valence-electron chi connectivity index (χ1n) is 5.46. The maximum Gasteiger partial charge on any atom is 0.228 e. The average molecular weight is 248 g/mol. The summed E-state index contributed by atoms with van der Waals surface area (Å²) in [6.07, 6.45) is 0.658. The highest BCUT2D eigenvalue weighted by Gasteiger charge is 2.16. The highest BCUT2D eigenvalue weighted by atomic mass is 19.1. The number of aromatic nitrogens is 2. The van der Waals surface area contributed by atoms with Gasteiger partial charge in [-0.15, -0.1) is 0 Å². The van der Waals surface area contributed by atoms with Gasteiger partial charge in [0.2, 0.25) is 5.88 Å². The molecule has 0 N–H and O–H groups in total. The van der Waals surface area contributed by atoms with E-state index in [1.165, 1.54) is 10.7 Å². The Hall–Kier alpha value is -2.17. The lowest BCUT2D eigenvalue weighted by molar-refractivity contribution is 0.112. The van der Waals surface area contributed by atoms with E-state index in [1.807, 2.05) is 0 Å². The van der Waals surface area contributed by atoms with Gasteiger partial charge in [0.15, 0.2) is 17.9 Å². The van der Waals surface area contributed by atoms with Crippen molar-refractivity contribution in [3.63, 3.8) is 0 Å². The number of carbonyl (C=O) groups is 1. The summed E-state index contributed by atoms with van der Waals surface area (Å²) in [6.45, 7) is 3.35. The highest BCUT2D eigenvalue weighted by molar-refractivity contribution is 5.80. The molecule has 5 heteroatoms. The zero-order valence-corrected chi connectivity index (χ0v) is 10.4. The van der Waals surface area contributed by atoms with Gasteiger partial charge in [-0.3, -0.25) is 4.79 Å². The molecule has 0 bridgehead atoms. The maximum atomic E-state index is 13.8. The SMILES string of the molecule is Cc1cccc(Oc2c(C=O)c(C)nn2C)c1F. The molecule has 0 amide bonds. The molecule has 0 aliphatic rings. The average Bonchev–Trinajstić information content (AvgIpc) is 2.59. The van der Waals surface area contributed by atoms with E-state index < -0.39 is 5.82 Å². The van der Waals surface area contributed by atoms with Gasteiger partial charge in [0.1, 0.15) is 0 Å². The first-order valence-corrected chi connectivity index (χ1v) is 5.46. The van der Waals surface area contributed by atoms with Crippen molar-refractivity contribution in [2.45, 2.75) is 13.8 Å². The lowest BCUT2D eigenvalue weighted by Gasteiger charge is -2.08. The van der Waals surface area contributed by atoms with Crippen LogP contribution in [0.2, 0.25) is 0 Å². The van der Waals surface area contributed by atoms with E-state index in [-0.39, 0.29) is 11.6 Å². The van der Waals surface area contributed by atoms with Gasteiger partial charge in [-0.1, -0.05) is 12.1 Å². The number of hydrogen-bond acceptors (Lipinski definition) is 3. The molecule has 4 nitrogen and oxygen atoms in total. The number of aryl methyl sites for hydroxylation is 3. The fraction of sp³-hybridized carbons (Fsp3) is 0.231. The molecule has 0 spiro atoms. The smallest absolute Gasteiger partial charge is 0.228 e. The number of halogens is 1. The lowest BCUT2D eigenvalue weighted by Crippen LogP contribution is -1.99. The molecule has 0 fully saturated rings. The fourth-order valence-corrected chi connectivity index (χ4v) is 1.71. The minimum Gasteiger partial charge on any atom is -0.435 e. The summed E-state index contributed by atoms with van der Waals surface area (Å²) in [5, 5.41) is 4.07. The van der Waals surface area contributed by atoms with Crippen molar-refractivity contribution in [1.29, 1.82) is 0 Å². The number of carbonyl (C=O) groups excluding carboxylic acids is 1. The predicted octanol–water partition coefficient (Wildman–Crippen LogP) is 2.78. The number of nitrogens with zero attached hydrogens (tertiary/aromatic N) is 2. The molecule has 2 rings (SSSR count). The second-order valence-corrected chi connectivity index (χ2v) is 4.03. The zero-order valence-electron chi connectivity index (χ0n) is 10.4. The van der Waals surface area contributed by atoms with Crippen molar-refractivity contribution in [3.8, 4) is 11.6 Å². The van der Waals surface area contributed by atoms with Crippen LogP contribution in [0.5, 0.6) is 11.6 Å². The van der Waals surface area contributed by atoms with E-state index >= 15 is 0 Å². The molecular weight excluding hydrogens is 235 g/mol. The van der Waals surface area contributed by atoms with Crippen LogP contribution in [0.3, 0.4) is 0 Å². The minimum atomic E-state index is -0.437. The van der Waals surface area contributed by atoms with Crippen LogP contribution in [0.4, 0.5) is 4.39 Å². The molecule has 0 aliphatic carbocycles. The predicted molar refractivity (Wildman–Crippen MR) is 64.5 cm³/mol. The summed E-state index contributed by atoms with van der Waals surface area (Å²) in [6, 6.07) is 4.86. The molecule has 94 valence electrons. The van der Waals surface area contributed by atoms with Gasteiger partial charge < -0.3 is 4.74 Å². The summed E-state index contributed by atoms with van der Waals surface area (Å²) >= 11 is 0. The van der Waals surface area contributed by atoms with Crippen molar-refractivity contribution in [2.24, 2.45) is 7.05 Å². The third-order valence-corrected chi connectivity index (χ3v) is 2.69. The third kappa shape index (κ3) is 1.99. The normalized spacial score (nSPS) is 10.4. The summed E-state index contributed by atoms with van der Waals surface area (Å²) in [4.78, 5) is 11.0. The van der Waals surface area contributed by atoms with Crippen LogP contribution in [-0.4, -0.2) is 16.1 Å². The third-order valence-electron chi connectivity index (χ3n) is 2.69. The fourth-order valence-electron chi connectivity index (χ4n) is 1.71. The van der Waals surface area contributed by atoms with Crippen LogP contribution in [-0.2, 0) is 7.05 Å². The molecule has 1 aromatic carbocycles. The molecule has 1 heterocycles. The summed E-state index contributed by atoms with van der Waals surface area (Å²) in [7, 11) is 1.64. The Kier molecular flexibility index (Phi) is 3.14. The second-order valence-electron chi connectivity index (χ2n) is 4.03. The summed E-state index contributed by atoms with van der Waals surface area (Å²) in [5.41, 5.74) is 1.37. The van der Waals surface area contributed by atoms with E-state index in [4.69, 9.17) is 4.74 Å². The Morgan fingerprint density at radius 3 is 2.78 bits per heavy atom. The molecule has 0 saturated carbocycles. The van der Waals surface area contributed by atoms with Crippen molar-refractivity contribution < 1.29 is 13.9 Å². The second kappa shape index (κ2) is 4.60. The first kappa shape index (κ1) is 12.3. The molecule has 2 aromatic rings. The number of benzene rings is 1. The van der Waals surface area contributed by atoms with Gasteiger partial charge in [-0.05, 0) is 25.5 Å². The Morgan fingerprint density at radius 2 is 2.11 bits per heavy atom. The first-order chi connectivity index (χ1) is 8.54. The largest absolute Gasteiger partial charge is 0.435 e. The number of hydrogen-bond donors (Lipinski definition) is 0. The van der Waals surface area contributed by atoms with Crippen molar-refractivity contribution in [1.82, 2.24) is 9.78 Å². The minimum absolute atomic E-state index is 0.0844. The van der Waals surface area contributed by atoms with Crippen LogP contribution < -0.4 is 4.74 Å². The quantitative estimate of drug-likeness (QED) is 0.784. The van der Waals surface area contributed by atoms with E-state index in [9.17, 15) is 9.18 Å². The van der Waals surface area contributed by atoms with Crippen molar-refractivity contribution in [3.05, 3.63) is 40.8 Å². The van der Waals surface area contributed by atoms with Crippen molar-refractivity contribution in [2.75, 3.05) is 0 Å². The van der Waals surface area contributed by atoms with Crippen LogP contribution in [0.25, 0.3) is 0 Å². The topological polar surface area (TPSA) is 44.1 Å². The molecular formula is C13H13FN2O2. The maximum absolute atomic E-state index is 13.8.